The zero-order valence-corrected chi connectivity index (χ0v) is 26.4. The fourth-order valence-corrected chi connectivity index (χ4v) is 7.98. The zero-order valence-electron chi connectivity index (χ0n) is 25.6. The Morgan fingerprint density at radius 3 is 2.61 bits per heavy atom. The van der Waals surface area contributed by atoms with Gasteiger partial charge in [0.25, 0.3) is 21.8 Å². The number of rotatable bonds is 8. The van der Waals surface area contributed by atoms with Gasteiger partial charge in [-0.1, -0.05) is 18.2 Å². The quantitative estimate of drug-likeness (QED) is 0.263. The Bertz CT molecular complexity index is 1740. The fraction of sp³-hybridized carbons (Fsp3) is 0.394. The maximum Gasteiger partial charge on any atom is 0.264 e. The van der Waals surface area contributed by atoms with Crippen molar-refractivity contribution in [2.45, 2.75) is 38.0 Å². The van der Waals surface area contributed by atoms with Crippen LogP contribution in [0.5, 0.6) is 0 Å². The molecule has 0 aliphatic carbocycles. The third-order valence-electron chi connectivity index (χ3n) is 8.95. The molecule has 232 valence electrons. The summed E-state index contributed by atoms with van der Waals surface area (Å²) < 4.78 is 29.1. The summed E-state index contributed by atoms with van der Waals surface area (Å²) in [5.74, 6) is -0.467. The van der Waals surface area contributed by atoms with E-state index in [-0.39, 0.29) is 16.7 Å². The summed E-state index contributed by atoms with van der Waals surface area (Å²) in [5, 5.41) is 5.91. The number of carbonyl (C=O) groups is 2. The Kier molecular flexibility index (Phi) is 8.36. The second-order valence-electron chi connectivity index (χ2n) is 11.9. The van der Waals surface area contributed by atoms with Gasteiger partial charge in [0.05, 0.1) is 21.7 Å². The molecule has 0 spiro atoms. The molecule has 3 aliphatic rings. The van der Waals surface area contributed by atoms with Crippen molar-refractivity contribution < 1.29 is 18.0 Å². The van der Waals surface area contributed by atoms with E-state index >= 15 is 0 Å². The molecule has 10 nitrogen and oxygen atoms in total. The van der Waals surface area contributed by atoms with Crippen LogP contribution >= 0.6 is 0 Å². The second-order valence-corrected chi connectivity index (χ2v) is 13.8. The number of para-hydroxylation sites is 1. The van der Waals surface area contributed by atoms with Crippen molar-refractivity contribution in [2.24, 2.45) is 0 Å². The molecule has 0 radical (unpaired) electrons. The van der Waals surface area contributed by atoms with Crippen molar-refractivity contribution in [1.29, 1.82) is 0 Å². The van der Waals surface area contributed by atoms with Gasteiger partial charge in [0.2, 0.25) is 0 Å². The molecule has 44 heavy (non-hydrogen) atoms. The lowest BCUT2D eigenvalue weighted by molar-refractivity contribution is -0.110. The van der Waals surface area contributed by atoms with Gasteiger partial charge in [-0.25, -0.2) is 8.42 Å². The number of sulfonamides is 1. The number of nitrogens with zero attached hydrogens (tertiary/aromatic N) is 3. The summed E-state index contributed by atoms with van der Waals surface area (Å²) in [7, 11) is -1.72. The third-order valence-corrected chi connectivity index (χ3v) is 10.8. The van der Waals surface area contributed by atoms with Crippen LogP contribution in [-0.4, -0.2) is 87.9 Å². The SMILES string of the molecule is Cc1[nH]c(/C=C2\C(=O)Nc3ccc(S(=O)(=O)N4CCCc5ccccc54)cc32)c(C)c1C(=O)NCCCN1CCN(C)CC1. The molecule has 0 bridgehead atoms. The Balaban J connectivity index is 1.21. The lowest BCUT2D eigenvalue weighted by Crippen LogP contribution is -2.45. The lowest BCUT2D eigenvalue weighted by atomic mass is 10.0. The number of H-pyrrole nitrogens is 1. The molecule has 3 N–H and O–H groups in total. The Hall–Kier alpha value is -3.93. The number of likely N-dealkylation sites (N-methyl/N-ethyl adjacent to an activating group) is 1. The Morgan fingerprint density at radius 2 is 1.82 bits per heavy atom. The molecule has 4 heterocycles. The van der Waals surface area contributed by atoms with Gasteiger partial charge in [0.15, 0.2) is 0 Å². The van der Waals surface area contributed by atoms with E-state index in [4.69, 9.17) is 0 Å². The highest BCUT2D eigenvalue weighted by Gasteiger charge is 2.32. The van der Waals surface area contributed by atoms with Crippen LogP contribution in [0.1, 0.15) is 51.3 Å². The van der Waals surface area contributed by atoms with Crippen LogP contribution in [0.15, 0.2) is 47.4 Å². The molecule has 6 rings (SSSR count). The molecule has 2 amide bonds. The lowest BCUT2D eigenvalue weighted by Gasteiger charge is -2.32. The first-order valence-corrected chi connectivity index (χ1v) is 16.7. The molecule has 0 saturated carbocycles. The number of anilines is 2. The van der Waals surface area contributed by atoms with Crippen LogP contribution in [0, 0.1) is 13.8 Å². The van der Waals surface area contributed by atoms with Gasteiger partial charge in [0, 0.05) is 61.9 Å². The van der Waals surface area contributed by atoms with E-state index < -0.39 is 10.0 Å². The van der Waals surface area contributed by atoms with Gasteiger partial charge in [-0.3, -0.25) is 13.9 Å². The Morgan fingerprint density at radius 1 is 1.05 bits per heavy atom. The van der Waals surface area contributed by atoms with Crippen molar-refractivity contribution in [3.63, 3.8) is 0 Å². The van der Waals surface area contributed by atoms with Crippen molar-refractivity contribution in [3.05, 3.63) is 76.1 Å². The standard InChI is InChI=1S/C33H40N6O4S/c1-22-29(35-23(2)31(22)33(41)34-13-7-14-38-18-16-37(3)17-19-38)21-27-26-20-25(11-12-28(26)36-32(27)40)44(42,43)39-15-6-9-24-8-4-5-10-30(24)39/h4-5,8,10-12,20-21,35H,6-7,9,13-19H2,1-3H3,(H,34,41)(H,36,40)/b27-21-. The summed E-state index contributed by atoms with van der Waals surface area (Å²) in [6, 6.07) is 12.3. The largest absolute Gasteiger partial charge is 0.358 e. The number of hydrogen-bond donors (Lipinski definition) is 3. The number of amides is 2. The highest BCUT2D eigenvalue weighted by molar-refractivity contribution is 7.92. The van der Waals surface area contributed by atoms with Crippen LogP contribution < -0.4 is 14.9 Å². The maximum absolute atomic E-state index is 13.8. The van der Waals surface area contributed by atoms with Gasteiger partial charge < -0.3 is 25.4 Å². The molecular weight excluding hydrogens is 576 g/mol. The van der Waals surface area contributed by atoms with E-state index in [2.05, 4.69) is 32.5 Å². The number of aromatic nitrogens is 1. The van der Waals surface area contributed by atoms with Crippen LogP contribution in [0.25, 0.3) is 11.6 Å². The zero-order chi connectivity index (χ0) is 31.0. The van der Waals surface area contributed by atoms with Crippen molar-refractivity contribution in [2.75, 3.05) is 62.5 Å². The molecule has 0 atom stereocenters. The highest BCUT2D eigenvalue weighted by atomic mass is 32.2. The first-order valence-electron chi connectivity index (χ1n) is 15.3. The molecule has 2 aromatic carbocycles. The normalized spacial score (nSPS) is 18.3. The molecule has 3 aromatic rings. The third kappa shape index (κ3) is 5.79. The summed E-state index contributed by atoms with van der Waals surface area (Å²) in [4.78, 5) is 34.4. The van der Waals surface area contributed by atoms with Crippen LogP contribution in [0.3, 0.4) is 0 Å². The highest BCUT2D eigenvalue weighted by Crippen LogP contribution is 2.38. The molecular formula is C33H40N6O4S. The molecule has 1 saturated heterocycles. The van der Waals surface area contributed by atoms with Crippen molar-refractivity contribution in [3.8, 4) is 0 Å². The minimum absolute atomic E-state index is 0.131. The van der Waals surface area contributed by atoms with Gasteiger partial charge >= 0.3 is 0 Å². The van der Waals surface area contributed by atoms with Gasteiger partial charge in [-0.15, -0.1) is 0 Å². The van der Waals surface area contributed by atoms with Crippen molar-refractivity contribution in [1.82, 2.24) is 20.1 Å². The number of fused-ring (bicyclic) bond motifs is 2. The molecule has 0 unspecified atom stereocenters. The number of nitrogens with one attached hydrogen (secondary N) is 3. The molecule has 1 fully saturated rings. The predicted molar refractivity (Wildman–Crippen MR) is 173 cm³/mol. The number of aryl methyl sites for hydroxylation is 2. The number of piperazine rings is 1. The van der Waals surface area contributed by atoms with Crippen molar-refractivity contribution >= 4 is 44.9 Å². The number of carbonyl (C=O) groups excluding carboxylic acids is 2. The number of aromatic amines is 1. The summed E-state index contributed by atoms with van der Waals surface area (Å²) in [6.07, 6.45) is 4.16. The minimum Gasteiger partial charge on any atom is -0.358 e. The summed E-state index contributed by atoms with van der Waals surface area (Å²) in [5.41, 5.74) is 5.78. The van der Waals surface area contributed by atoms with Crippen LogP contribution in [0.2, 0.25) is 0 Å². The first-order chi connectivity index (χ1) is 21.1. The van der Waals surface area contributed by atoms with Crippen LogP contribution in [-0.2, 0) is 21.2 Å². The van der Waals surface area contributed by atoms with Crippen LogP contribution in [0.4, 0.5) is 11.4 Å². The van der Waals surface area contributed by atoms with Gasteiger partial charge in [-0.2, -0.15) is 0 Å². The first kappa shape index (κ1) is 30.1. The topological polar surface area (TPSA) is 118 Å². The number of benzene rings is 2. The predicted octanol–water partition coefficient (Wildman–Crippen LogP) is 3.63. The Labute approximate surface area is 259 Å². The van der Waals surface area contributed by atoms with E-state index in [1.807, 2.05) is 38.1 Å². The molecule has 11 heteroatoms. The average molecular weight is 617 g/mol. The minimum atomic E-state index is -3.85. The van der Waals surface area contributed by atoms with E-state index in [0.717, 1.165) is 63.1 Å². The molecule has 1 aromatic heterocycles. The number of hydrogen-bond acceptors (Lipinski definition) is 6. The fourth-order valence-electron chi connectivity index (χ4n) is 6.41. The maximum atomic E-state index is 13.8. The van der Waals surface area contributed by atoms with E-state index in [1.54, 1.807) is 24.3 Å². The average Bonchev–Trinajstić information content (AvgIpc) is 3.48. The van der Waals surface area contributed by atoms with E-state index in [1.165, 1.54) is 4.31 Å². The monoisotopic (exact) mass is 616 g/mol. The van der Waals surface area contributed by atoms with E-state index in [9.17, 15) is 18.0 Å². The smallest absolute Gasteiger partial charge is 0.264 e. The summed E-state index contributed by atoms with van der Waals surface area (Å²) >= 11 is 0. The van der Waals surface area contributed by atoms with Gasteiger partial charge in [0.1, 0.15) is 0 Å². The second kappa shape index (κ2) is 12.2. The summed E-state index contributed by atoms with van der Waals surface area (Å²) in [6.45, 7) is 9.88. The molecule has 3 aliphatic heterocycles. The van der Waals surface area contributed by atoms with E-state index in [0.29, 0.717) is 52.6 Å². The van der Waals surface area contributed by atoms with Gasteiger partial charge in [-0.05, 0) is 88.2 Å².